The van der Waals surface area contributed by atoms with Crippen LogP contribution in [0.15, 0.2) is 12.3 Å². The first-order chi connectivity index (χ1) is 9.66. The van der Waals surface area contributed by atoms with Crippen molar-refractivity contribution in [1.82, 2.24) is 10.3 Å². The molecule has 4 nitrogen and oxygen atoms in total. The number of pyridine rings is 1. The fraction of sp³-hybridized carbons (Fsp3) is 0.688. The third-order valence-electron chi connectivity index (χ3n) is 3.48. The third kappa shape index (κ3) is 4.83. The molecule has 0 radical (unpaired) electrons. The number of nitrogens with one attached hydrogen (secondary N) is 1. The van der Waals surface area contributed by atoms with E-state index >= 15 is 0 Å². The summed E-state index contributed by atoms with van der Waals surface area (Å²) < 4.78 is 5.76. The Morgan fingerprint density at radius 3 is 2.76 bits per heavy atom. The van der Waals surface area contributed by atoms with Crippen LogP contribution in [0.5, 0.6) is 0 Å². The van der Waals surface area contributed by atoms with E-state index in [-0.39, 0.29) is 11.1 Å². The Kier molecular flexibility index (Phi) is 4.81. The molecule has 1 aliphatic heterocycles. The number of nitrogens with zero attached hydrogens (tertiary/aromatic N) is 2. The minimum absolute atomic E-state index is 0.0632. The van der Waals surface area contributed by atoms with Gasteiger partial charge in [-0.1, -0.05) is 11.6 Å². The normalized spacial score (nSPS) is 18.9. The van der Waals surface area contributed by atoms with Crippen LogP contribution in [0.2, 0.25) is 5.02 Å². The predicted octanol–water partition coefficient (Wildman–Crippen LogP) is 3.24. The summed E-state index contributed by atoms with van der Waals surface area (Å²) in [6.45, 7) is 13.8. The van der Waals surface area contributed by atoms with Gasteiger partial charge in [0.05, 0.1) is 17.2 Å². The van der Waals surface area contributed by atoms with E-state index in [0.717, 1.165) is 37.6 Å². The molecule has 0 saturated carbocycles. The fourth-order valence-corrected chi connectivity index (χ4v) is 2.52. The summed E-state index contributed by atoms with van der Waals surface area (Å²) in [7, 11) is 0. The number of morpholine rings is 1. The van der Waals surface area contributed by atoms with E-state index in [1.54, 1.807) is 6.20 Å². The van der Waals surface area contributed by atoms with Gasteiger partial charge in [0.25, 0.3) is 0 Å². The van der Waals surface area contributed by atoms with E-state index in [0.29, 0.717) is 5.02 Å². The summed E-state index contributed by atoms with van der Waals surface area (Å²) in [5.41, 5.74) is 1.01. The number of rotatable bonds is 3. The van der Waals surface area contributed by atoms with Crippen LogP contribution in [0.3, 0.4) is 0 Å². The zero-order chi connectivity index (χ0) is 15.7. The van der Waals surface area contributed by atoms with Crippen molar-refractivity contribution in [3.63, 3.8) is 0 Å². The maximum atomic E-state index is 6.27. The Balaban J connectivity index is 2.14. The smallest absolute Gasteiger partial charge is 0.129 e. The van der Waals surface area contributed by atoms with Crippen LogP contribution >= 0.6 is 11.6 Å². The second-order valence-corrected chi connectivity index (χ2v) is 7.67. The molecule has 1 aromatic heterocycles. The molecule has 0 amide bonds. The summed E-state index contributed by atoms with van der Waals surface area (Å²) in [5.74, 6) is 0.974. The number of halogens is 1. The molecule has 21 heavy (non-hydrogen) atoms. The van der Waals surface area contributed by atoms with E-state index < -0.39 is 0 Å². The summed E-state index contributed by atoms with van der Waals surface area (Å²) in [6.07, 6.45) is 1.75. The van der Waals surface area contributed by atoms with Crippen LogP contribution in [-0.2, 0) is 11.3 Å². The van der Waals surface area contributed by atoms with Gasteiger partial charge in [0.1, 0.15) is 5.82 Å². The molecule has 2 rings (SSSR count). The molecule has 1 aromatic rings. The molecular formula is C16H26ClN3O. The van der Waals surface area contributed by atoms with Gasteiger partial charge < -0.3 is 15.0 Å². The average molecular weight is 312 g/mol. The molecule has 1 N–H and O–H groups in total. The van der Waals surface area contributed by atoms with Gasteiger partial charge in [-0.05, 0) is 46.2 Å². The Bertz CT molecular complexity index is 497. The van der Waals surface area contributed by atoms with Gasteiger partial charge in [-0.25, -0.2) is 4.98 Å². The van der Waals surface area contributed by atoms with Gasteiger partial charge in [-0.2, -0.15) is 0 Å². The van der Waals surface area contributed by atoms with Gasteiger partial charge in [-0.15, -0.1) is 0 Å². The van der Waals surface area contributed by atoms with Crippen LogP contribution < -0.4 is 10.2 Å². The highest BCUT2D eigenvalue weighted by Crippen LogP contribution is 2.25. The predicted molar refractivity (Wildman–Crippen MR) is 88.1 cm³/mol. The Morgan fingerprint density at radius 2 is 2.14 bits per heavy atom. The van der Waals surface area contributed by atoms with Gasteiger partial charge in [-0.3, -0.25) is 0 Å². The van der Waals surface area contributed by atoms with Crippen LogP contribution in [0.4, 0.5) is 5.82 Å². The highest BCUT2D eigenvalue weighted by Gasteiger charge is 2.28. The molecule has 0 aliphatic carbocycles. The zero-order valence-electron chi connectivity index (χ0n) is 13.7. The summed E-state index contributed by atoms with van der Waals surface area (Å²) in [4.78, 5) is 6.75. The minimum Gasteiger partial charge on any atom is -0.372 e. The number of ether oxygens (including phenoxy) is 1. The molecule has 5 heteroatoms. The molecule has 1 fully saturated rings. The van der Waals surface area contributed by atoms with Gasteiger partial charge in [0.15, 0.2) is 0 Å². The SMILES string of the molecule is CC(C)(C)NCc1cc(N2CCOC(C)(C)C2)ncc1Cl. The van der Waals surface area contributed by atoms with E-state index in [9.17, 15) is 0 Å². The maximum absolute atomic E-state index is 6.27. The summed E-state index contributed by atoms with van der Waals surface area (Å²) in [5, 5.41) is 4.18. The number of aromatic nitrogens is 1. The second kappa shape index (κ2) is 6.11. The van der Waals surface area contributed by atoms with Crippen molar-refractivity contribution in [2.24, 2.45) is 0 Å². The lowest BCUT2D eigenvalue weighted by Gasteiger charge is -2.39. The van der Waals surface area contributed by atoms with Crippen LogP contribution in [0.25, 0.3) is 0 Å². The second-order valence-electron chi connectivity index (χ2n) is 7.27. The Morgan fingerprint density at radius 1 is 1.43 bits per heavy atom. The van der Waals surface area contributed by atoms with Crippen molar-refractivity contribution in [1.29, 1.82) is 0 Å². The van der Waals surface area contributed by atoms with Crippen LogP contribution in [0, 0.1) is 0 Å². The monoisotopic (exact) mass is 311 g/mol. The first-order valence-corrected chi connectivity index (χ1v) is 7.82. The first kappa shape index (κ1) is 16.5. The largest absolute Gasteiger partial charge is 0.372 e. The molecule has 0 bridgehead atoms. The Labute approximate surface area is 132 Å². The average Bonchev–Trinajstić information content (AvgIpc) is 2.35. The van der Waals surface area contributed by atoms with Crippen molar-refractivity contribution >= 4 is 17.4 Å². The highest BCUT2D eigenvalue weighted by molar-refractivity contribution is 6.31. The maximum Gasteiger partial charge on any atom is 0.129 e. The fourth-order valence-electron chi connectivity index (χ4n) is 2.35. The molecular weight excluding hydrogens is 286 g/mol. The number of hydrogen-bond donors (Lipinski definition) is 1. The highest BCUT2D eigenvalue weighted by atomic mass is 35.5. The molecule has 0 unspecified atom stereocenters. The lowest BCUT2D eigenvalue weighted by Crippen LogP contribution is -2.48. The first-order valence-electron chi connectivity index (χ1n) is 7.45. The van der Waals surface area contributed by atoms with Crippen molar-refractivity contribution in [3.8, 4) is 0 Å². The van der Waals surface area contributed by atoms with Crippen molar-refractivity contribution in [3.05, 3.63) is 22.8 Å². The molecule has 118 valence electrons. The van der Waals surface area contributed by atoms with E-state index in [1.807, 2.05) is 0 Å². The topological polar surface area (TPSA) is 37.4 Å². The van der Waals surface area contributed by atoms with Gasteiger partial charge >= 0.3 is 0 Å². The zero-order valence-corrected chi connectivity index (χ0v) is 14.4. The number of anilines is 1. The lowest BCUT2D eigenvalue weighted by molar-refractivity contribution is -0.0279. The molecule has 0 atom stereocenters. The molecule has 0 spiro atoms. The van der Waals surface area contributed by atoms with Crippen LogP contribution in [0.1, 0.15) is 40.2 Å². The van der Waals surface area contributed by atoms with Gasteiger partial charge in [0, 0.05) is 31.4 Å². The molecule has 1 aliphatic rings. The molecule has 2 heterocycles. The summed E-state index contributed by atoms with van der Waals surface area (Å²) >= 11 is 6.27. The molecule has 1 saturated heterocycles. The van der Waals surface area contributed by atoms with E-state index in [4.69, 9.17) is 16.3 Å². The minimum atomic E-state index is -0.136. The van der Waals surface area contributed by atoms with Crippen LogP contribution in [-0.4, -0.2) is 35.8 Å². The molecule has 0 aromatic carbocycles. The quantitative estimate of drug-likeness (QED) is 0.930. The van der Waals surface area contributed by atoms with Crippen molar-refractivity contribution in [2.45, 2.75) is 52.3 Å². The third-order valence-corrected chi connectivity index (χ3v) is 3.82. The summed E-state index contributed by atoms with van der Waals surface area (Å²) in [6, 6.07) is 2.09. The Hall–Kier alpha value is -0.840. The van der Waals surface area contributed by atoms with E-state index in [1.165, 1.54) is 0 Å². The lowest BCUT2D eigenvalue weighted by atomic mass is 10.1. The van der Waals surface area contributed by atoms with Crippen molar-refractivity contribution < 1.29 is 4.74 Å². The van der Waals surface area contributed by atoms with Gasteiger partial charge in [0.2, 0.25) is 0 Å². The van der Waals surface area contributed by atoms with E-state index in [2.05, 4.69) is 55.9 Å². The standard InChI is InChI=1S/C16H26ClN3O/c1-15(2,3)19-9-12-8-14(18-10-13(12)17)20-6-7-21-16(4,5)11-20/h8,10,19H,6-7,9,11H2,1-5H3. The number of hydrogen-bond acceptors (Lipinski definition) is 4. The van der Waals surface area contributed by atoms with Crippen molar-refractivity contribution in [2.75, 3.05) is 24.6 Å².